The zero-order chi connectivity index (χ0) is 13.7. The molecule has 1 rings (SSSR count). The van der Waals surface area contributed by atoms with Crippen LogP contribution in [0.2, 0.25) is 0 Å². The number of anilines is 1. The van der Waals surface area contributed by atoms with Crippen LogP contribution in [0.1, 0.15) is 25.0 Å². The Labute approximate surface area is 110 Å². The highest BCUT2D eigenvalue weighted by Crippen LogP contribution is 2.19. The molecule has 18 heavy (non-hydrogen) atoms. The number of nitrogens with zero attached hydrogens (tertiary/aromatic N) is 2. The van der Waals surface area contributed by atoms with Crippen molar-refractivity contribution in [1.29, 1.82) is 0 Å². The van der Waals surface area contributed by atoms with E-state index in [1.165, 1.54) is 11.1 Å². The fraction of sp³-hybridized carbons (Fsp3) is 0.643. The summed E-state index contributed by atoms with van der Waals surface area (Å²) in [6, 6.07) is 2.64. The molecule has 1 aromatic rings. The van der Waals surface area contributed by atoms with Gasteiger partial charge in [-0.3, -0.25) is 0 Å². The summed E-state index contributed by atoms with van der Waals surface area (Å²) >= 11 is 0. The number of methoxy groups -OCH3 is 1. The summed E-state index contributed by atoms with van der Waals surface area (Å²) in [4.78, 5) is 6.70. The first-order valence-electron chi connectivity index (χ1n) is 6.38. The highest BCUT2D eigenvalue weighted by Gasteiger charge is 2.13. The molecule has 0 saturated carbocycles. The van der Waals surface area contributed by atoms with Crippen LogP contribution in [0.3, 0.4) is 0 Å². The minimum absolute atomic E-state index is 0.169. The van der Waals surface area contributed by atoms with Crippen molar-refractivity contribution in [3.63, 3.8) is 0 Å². The molecule has 2 unspecified atom stereocenters. The van der Waals surface area contributed by atoms with Gasteiger partial charge >= 0.3 is 0 Å². The van der Waals surface area contributed by atoms with Gasteiger partial charge in [-0.05, 0) is 38.3 Å². The van der Waals surface area contributed by atoms with E-state index in [4.69, 9.17) is 10.5 Å². The molecule has 0 spiro atoms. The molecule has 1 aromatic heterocycles. The molecule has 0 saturated heterocycles. The van der Waals surface area contributed by atoms with Gasteiger partial charge in [0.1, 0.15) is 5.82 Å². The zero-order valence-corrected chi connectivity index (χ0v) is 12.1. The Hall–Kier alpha value is -1.13. The lowest BCUT2D eigenvalue weighted by Gasteiger charge is -2.27. The van der Waals surface area contributed by atoms with E-state index in [0.29, 0.717) is 12.6 Å². The van der Waals surface area contributed by atoms with E-state index in [1.54, 1.807) is 7.11 Å². The van der Waals surface area contributed by atoms with Crippen molar-refractivity contribution in [2.24, 2.45) is 5.73 Å². The van der Waals surface area contributed by atoms with Crippen molar-refractivity contribution in [2.75, 3.05) is 25.7 Å². The van der Waals surface area contributed by atoms with Crippen LogP contribution < -0.4 is 10.6 Å². The van der Waals surface area contributed by atoms with Crippen LogP contribution in [-0.4, -0.2) is 37.8 Å². The summed E-state index contributed by atoms with van der Waals surface area (Å²) < 4.78 is 5.18. The highest BCUT2D eigenvalue weighted by atomic mass is 16.5. The standard InChI is InChI=1S/C14H25N3O/c1-10-6-13(7-11(2)15)8-16-14(10)17(4)12(3)9-18-5/h6,8,11-12H,7,9,15H2,1-5H3. The molecule has 4 heteroatoms. The molecule has 0 radical (unpaired) electrons. The number of pyridine rings is 1. The number of nitrogens with two attached hydrogens (primary N) is 1. The first kappa shape index (κ1) is 14.9. The number of aryl methyl sites for hydroxylation is 1. The summed E-state index contributed by atoms with van der Waals surface area (Å²) in [6.07, 6.45) is 2.78. The maximum atomic E-state index is 5.81. The molecule has 0 amide bonds. The van der Waals surface area contributed by atoms with E-state index in [-0.39, 0.29) is 6.04 Å². The molecule has 0 fully saturated rings. The van der Waals surface area contributed by atoms with E-state index in [1.807, 2.05) is 20.2 Å². The Morgan fingerprint density at radius 3 is 2.61 bits per heavy atom. The monoisotopic (exact) mass is 251 g/mol. The lowest BCUT2D eigenvalue weighted by molar-refractivity contribution is 0.183. The second-order valence-electron chi connectivity index (χ2n) is 5.08. The van der Waals surface area contributed by atoms with Gasteiger partial charge in [0.05, 0.1) is 12.6 Å². The van der Waals surface area contributed by atoms with Crippen LogP contribution in [0.5, 0.6) is 0 Å². The van der Waals surface area contributed by atoms with Crippen LogP contribution in [-0.2, 0) is 11.2 Å². The molecule has 0 aromatic carbocycles. The lowest BCUT2D eigenvalue weighted by atomic mass is 10.1. The van der Waals surface area contributed by atoms with Gasteiger partial charge in [-0.15, -0.1) is 0 Å². The fourth-order valence-corrected chi connectivity index (χ4v) is 2.04. The van der Waals surface area contributed by atoms with Crippen LogP contribution in [0.25, 0.3) is 0 Å². The zero-order valence-electron chi connectivity index (χ0n) is 12.1. The van der Waals surface area contributed by atoms with Crippen LogP contribution in [0.4, 0.5) is 5.82 Å². The van der Waals surface area contributed by atoms with E-state index in [0.717, 1.165) is 12.2 Å². The Kier molecular flexibility index (Phi) is 5.56. The third-order valence-corrected chi connectivity index (χ3v) is 3.07. The first-order chi connectivity index (χ1) is 8.45. The molecule has 102 valence electrons. The van der Waals surface area contributed by atoms with E-state index < -0.39 is 0 Å². The Bertz CT molecular complexity index is 379. The predicted molar refractivity (Wildman–Crippen MR) is 76.1 cm³/mol. The van der Waals surface area contributed by atoms with Gasteiger partial charge in [-0.2, -0.15) is 0 Å². The number of ether oxygens (including phenoxy) is 1. The molecule has 1 heterocycles. The quantitative estimate of drug-likeness (QED) is 0.837. The third kappa shape index (κ3) is 3.96. The van der Waals surface area contributed by atoms with E-state index >= 15 is 0 Å². The largest absolute Gasteiger partial charge is 0.383 e. The average molecular weight is 251 g/mol. The minimum Gasteiger partial charge on any atom is -0.383 e. The number of aromatic nitrogens is 1. The number of rotatable bonds is 6. The second-order valence-corrected chi connectivity index (χ2v) is 5.08. The number of hydrogen-bond acceptors (Lipinski definition) is 4. The SMILES string of the molecule is COCC(C)N(C)c1ncc(CC(C)N)cc1C. The summed E-state index contributed by atoms with van der Waals surface area (Å²) in [7, 11) is 3.76. The van der Waals surface area contributed by atoms with Crippen LogP contribution >= 0.6 is 0 Å². The predicted octanol–water partition coefficient (Wildman–Crippen LogP) is 1.75. The number of likely N-dealkylation sites (N-methyl/N-ethyl adjacent to an activating group) is 1. The van der Waals surface area contributed by atoms with Gasteiger partial charge in [0.15, 0.2) is 0 Å². The van der Waals surface area contributed by atoms with Gasteiger partial charge in [0.25, 0.3) is 0 Å². The van der Waals surface area contributed by atoms with E-state index in [2.05, 4.69) is 29.8 Å². The van der Waals surface area contributed by atoms with Crippen molar-refractivity contribution >= 4 is 5.82 Å². The van der Waals surface area contributed by atoms with Gasteiger partial charge in [0, 0.05) is 26.4 Å². The summed E-state index contributed by atoms with van der Waals surface area (Å²) in [5, 5.41) is 0. The van der Waals surface area contributed by atoms with Crippen molar-refractivity contribution in [3.05, 3.63) is 23.4 Å². The summed E-state index contributed by atoms with van der Waals surface area (Å²) in [5.41, 5.74) is 8.18. The van der Waals surface area contributed by atoms with Crippen LogP contribution in [0, 0.1) is 6.92 Å². The third-order valence-electron chi connectivity index (χ3n) is 3.07. The molecular formula is C14H25N3O. The molecule has 0 bridgehead atoms. The van der Waals surface area contributed by atoms with Crippen molar-refractivity contribution in [3.8, 4) is 0 Å². The van der Waals surface area contributed by atoms with Gasteiger partial charge < -0.3 is 15.4 Å². The fourth-order valence-electron chi connectivity index (χ4n) is 2.04. The first-order valence-corrected chi connectivity index (χ1v) is 6.38. The topological polar surface area (TPSA) is 51.4 Å². The van der Waals surface area contributed by atoms with Gasteiger partial charge in [-0.1, -0.05) is 6.07 Å². The van der Waals surface area contributed by atoms with Crippen molar-refractivity contribution < 1.29 is 4.74 Å². The second kappa shape index (κ2) is 6.71. The summed E-state index contributed by atoms with van der Waals surface area (Å²) in [6.45, 7) is 6.92. The Morgan fingerprint density at radius 1 is 1.44 bits per heavy atom. The Balaban J connectivity index is 2.84. The minimum atomic E-state index is 0.169. The average Bonchev–Trinajstić information content (AvgIpc) is 2.28. The normalized spacial score (nSPS) is 14.3. The maximum absolute atomic E-state index is 5.81. The smallest absolute Gasteiger partial charge is 0.131 e. The molecule has 0 aliphatic rings. The molecule has 2 atom stereocenters. The van der Waals surface area contributed by atoms with Crippen molar-refractivity contribution in [2.45, 2.75) is 39.3 Å². The van der Waals surface area contributed by atoms with E-state index in [9.17, 15) is 0 Å². The molecular weight excluding hydrogens is 226 g/mol. The lowest BCUT2D eigenvalue weighted by Crippen LogP contribution is -2.33. The van der Waals surface area contributed by atoms with Gasteiger partial charge in [-0.25, -0.2) is 4.98 Å². The maximum Gasteiger partial charge on any atom is 0.131 e. The molecule has 0 aliphatic carbocycles. The van der Waals surface area contributed by atoms with Crippen molar-refractivity contribution in [1.82, 2.24) is 4.98 Å². The van der Waals surface area contributed by atoms with Crippen LogP contribution in [0.15, 0.2) is 12.3 Å². The highest BCUT2D eigenvalue weighted by molar-refractivity contribution is 5.47. The molecule has 2 N–H and O–H groups in total. The molecule has 4 nitrogen and oxygen atoms in total. The Morgan fingerprint density at radius 2 is 2.11 bits per heavy atom. The summed E-state index contributed by atoms with van der Waals surface area (Å²) in [5.74, 6) is 1.01. The number of hydrogen-bond donors (Lipinski definition) is 1. The van der Waals surface area contributed by atoms with Gasteiger partial charge in [0.2, 0.25) is 0 Å². The molecule has 0 aliphatic heterocycles.